The fourth-order valence-corrected chi connectivity index (χ4v) is 2.22. The van der Waals surface area contributed by atoms with Gasteiger partial charge in [-0.15, -0.1) is 0 Å². The van der Waals surface area contributed by atoms with Gasteiger partial charge in [0.15, 0.2) is 9.84 Å². The van der Waals surface area contributed by atoms with Crippen LogP contribution in [-0.4, -0.2) is 46.0 Å². The van der Waals surface area contributed by atoms with Crippen LogP contribution in [0.25, 0.3) is 0 Å². The monoisotopic (exact) mass is 247 g/mol. The van der Waals surface area contributed by atoms with Crippen molar-refractivity contribution in [3.63, 3.8) is 0 Å². The van der Waals surface area contributed by atoms with Crippen molar-refractivity contribution >= 4 is 20.2 Å². The van der Waals surface area contributed by atoms with E-state index in [4.69, 9.17) is 10.3 Å². The van der Waals surface area contributed by atoms with Gasteiger partial charge in [0.25, 0.3) is 0 Å². The topological polar surface area (TPSA) is 124 Å². The molecule has 14 heavy (non-hydrogen) atoms. The minimum Gasteiger partial charge on any atom is -0.330 e. The number of hydrogen-bond donors (Lipinski definition) is 2. The van der Waals surface area contributed by atoms with Crippen LogP contribution in [0.15, 0.2) is 0 Å². The van der Waals surface area contributed by atoms with Gasteiger partial charge in [-0.2, -0.15) is 8.42 Å². The molecule has 0 aliphatic carbocycles. The lowest BCUT2D eigenvalue weighted by molar-refractivity contribution is 0.284. The molecule has 86 valence electrons. The van der Waals surface area contributed by atoms with Gasteiger partial charge in [-0.3, -0.25) is 4.55 Å². The van der Waals surface area contributed by atoms with Crippen molar-refractivity contribution in [2.75, 3.05) is 24.7 Å². The predicted molar refractivity (Wildman–Crippen MR) is 49.8 cm³/mol. The average Bonchev–Trinajstić information content (AvgIpc) is 1.98. The quantitative estimate of drug-likeness (QED) is 0.528. The third-order valence-corrected chi connectivity index (χ3v) is 3.45. The van der Waals surface area contributed by atoms with Crippen LogP contribution in [0.3, 0.4) is 0 Å². The molecule has 0 saturated carbocycles. The molecule has 0 heterocycles. The van der Waals surface area contributed by atoms with Gasteiger partial charge in [0.2, 0.25) is 0 Å². The number of rotatable bonds is 7. The fourth-order valence-electron chi connectivity index (χ4n) is 0.672. The molecule has 0 saturated heterocycles. The first-order valence-electron chi connectivity index (χ1n) is 3.79. The summed E-state index contributed by atoms with van der Waals surface area (Å²) < 4.78 is 54.2. The molecule has 0 rings (SSSR count). The second kappa shape index (κ2) is 5.61. The van der Waals surface area contributed by atoms with Gasteiger partial charge in [0.1, 0.15) is 0 Å². The summed E-state index contributed by atoms with van der Waals surface area (Å²) in [5.41, 5.74) is 5.10. The molecule has 9 heteroatoms. The molecule has 0 bridgehead atoms. The van der Waals surface area contributed by atoms with Crippen molar-refractivity contribution in [1.29, 1.82) is 0 Å². The molecule has 7 nitrogen and oxygen atoms in total. The van der Waals surface area contributed by atoms with E-state index < -0.39 is 32.6 Å². The van der Waals surface area contributed by atoms with E-state index in [2.05, 4.69) is 4.18 Å². The summed E-state index contributed by atoms with van der Waals surface area (Å²) in [4.78, 5) is 0. The Morgan fingerprint density at radius 3 is 2.14 bits per heavy atom. The molecule has 0 spiro atoms. The number of nitrogens with two attached hydrogens (primary N) is 1. The summed E-state index contributed by atoms with van der Waals surface area (Å²) in [5, 5.41) is 0. The maximum Gasteiger partial charge on any atom is 0.397 e. The molecule has 0 radical (unpaired) electrons. The molecule has 0 fully saturated rings. The lowest BCUT2D eigenvalue weighted by Gasteiger charge is -2.02. The van der Waals surface area contributed by atoms with E-state index in [1.807, 2.05) is 0 Å². The van der Waals surface area contributed by atoms with Gasteiger partial charge in [-0.05, 0) is 13.0 Å². The number of sulfone groups is 1. The molecule has 0 aromatic rings. The Morgan fingerprint density at radius 2 is 1.71 bits per heavy atom. The van der Waals surface area contributed by atoms with Gasteiger partial charge in [-0.1, -0.05) is 0 Å². The lowest BCUT2D eigenvalue weighted by atomic mass is 10.5. The molecule has 0 amide bonds. The van der Waals surface area contributed by atoms with Crippen molar-refractivity contribution in [3.8, 4) is 0 Å². The van der Waals surface area contributed by atoms with Crippen molar-refractivity contribution in [2.45, 2.75) is 6.42 Å². The first-order chi connectivity index (χ1) is 6.27. The molecule has 0 aliphatic rings. The first kappa shape index (κ1) is 13.8. The highest BCUT2D eigenvalue weighted by Crippen LogP contribution is 1.95. The third kappa shape index (κ3) is 8.38. The Labute approximate surface area is 83.1 Å². The highest BCUT2D eigenvalue weighted by Gasteiger charge is 2.12. The van der Waals surface area contributed by atoms with Crippen LogP contribution in [0.1, 0.15) is 6.42 Å². The fraction of sp³-hybridized carbons (Fsp3) is 1.00. The van der Waals surface area contributed by atoms with Crippen LogP contribution in [0.5, 0.6) is 0 Å². The second-order valence-corrected chi connectivity index (χ2v) is 5.94. The van der Waals surface area contributed by atoms with Crippen LogP contribution in [0.4, 0.5) is 0 Å². The highest BCUT2D eigenvalue weighted by atomic mass is 32.3. The Balaban J connectivity index is 3.89. The van der Waals surface area contributed by atoms with Crippen LogP contribution in [0, 0.1) is 0 Å². The van der Waals surface area contributed by atoms with E-state index in [-0.39, 0.29) is 12.3 Å². The minimum absolute atomic E-state index is 0.113. The zero-order chi connectivity index (χ0) is 11.2. The summed E-state index contributed by atoms with van der Waals surface area (Å²) in [6, 6.07) is 0. The van der Waals surface area contributed by atoms with Gasteiger partial charge in [0, 0.05) is 0 Å². The van der Waals surface area contributed by atoms with Crippen LogP contribution >= 0.6 is 0 Å². The summed E-state index contributed by atoms with van der Waals surface area (Å²) in [7, 11) is -7.90. The summed E-state index contributed by atoms with van der Waals surface area (Å²) in [6.07, 6.45) is 0.314. The number of hydrogen-bond acceptors (Lipinski definition) is 6. The van der Waals surface area contributed by atoms with E-state index in [1.54, 1.807) is 0 Å². The SMILES string of the molecule is NCCCS(=O)(=O)CCOS(=O)(=O)O. The van der Waals surface area contributed by atoms with Crippen molar-refractivity contribution < 1.29 is 25.6 Å². The molecule has 0 aromatic carbocycles. The summed E-state index contributed by atoms with van der Waals surface area (Å²) in [6.45, 7) is -0.329. The van der Waals surface area contributed by atoms with Crippen molar-refractivity contribution in [1.82, 2.24) is 0 Å². The molecule has 0 aromatic heterocycles. The first-order valence-corrected chi connectivity index (χ1v) is 6.98. The maximum absolute atomic E-state index is 11.1. The summed E-state index contributed by atoms with van der Waals surface area (Å²) in [5.74, 6) is -0.564. The van der Waals surface area contributed by atoms with Crippen LogP contribution < -0.4 is 5.73 Å². The maximum atomic E-state index is 11.1. The van der Waals surface area contributed by atoms with E-state index in [0.717, 1.165) is 0 Å². The largest absolute Gasteiger partial charge is 0.397 e. The zero-order valence-corrected chi connectivity index (χ0v) is 9.05. The smallest absolute Gasteiger partial charge is 0.330 e. The van der Waals surface area contributed by atoms with Gasteiger partial charge < -0.3 is 5.73 Å². The third-order valence-electron chi connectivity index (χ3n) is 1.29. The van der Waals surface area contributed by atoms with Gasteiger partial charge in [-0.25, -0.2) is 12.6 Å². The Hall–Kier alpha value is -0.220. The summed E-state index contributed by atoms with van der Waals surface area (Å²) >= 11 is 0. The Kier molecular flexibility index (Phi) is 5.52. The van der Waals surface area contributed by atoms with E-state index in [9.17, 15) is 16.8 Å². The molecule has 0 unspecified atom stereocenters. The van der Waals surface area contributed by atoms with Crippen LogP contribution in [-0.2, 0) is 24.4 Å². The Bertz CT molecular complexity index is 344. The Morgan fingerprint density at radius 1 is 1.14 bits per heavy atom. The molecular weight excluding hydrogens is 234 g/mol. The second-order valence-electron chi connectivity index (χ2n) is 2.54. The highest BCUT2D eigenvalue weighted by molar-refractivity contribution is 7.91. The standard InChI is InChI=1S/C5H13NO6S2/c6-2-1-4-13(7,8)5-3-12-14(9,10)11/h1-6H2,(H,9,10,11). The van der Waals surface area contributed by atoms with Crippen LogP contribution in [0.2, 0.25) is 0 Å². The molecule has 0 atom stereocenters. The minimum atomic E-state index is -4.56. The average molecular weight is 247 g/mol. The van der Waals surface area contributed by atoms with Gasteiger partial charge >= 0.3 is 10.4 Å². The van der Waals surface area contributed by atoms with E-state index in [0.29, 0.717) is 6.42 Å². The van der Waals surface area contributed by atoms with Crippen molar-refractivity contribution in [3.05, 3.63) is 0 Å². The normalized spacial score (nSPS) is 13.0. The molecule has 3 N–H and O–H groups in total. The predicted octanol–water partition coefficient (Wildman–Crippen LogP) is -1.43. The van der Waals surface area contributed by atoms with Crippen molar-refractivity contribution in [2.24, 2.45) is 5.73 Å². The van der Waals surface area contributed by atoms with Gasteiger partial charge in [0.05, 0.1) is 18.1 Å². The van der Waals surface area contributed by atoms with E-state index in [1.165, 1.54) is 0 Å². The molecule has 0 aliphatic heterocycles. The zero-order valence-electron chi connectivity index (χ0n) is 7.42. The lowest BCUT2D eigenvalue weighted by Crippen LogP contribution is -2.19. The van der Waals surface area contributed by atoms with E-state index >= 15 is 0 Å². The molecular formula is C5H13NO6S2.